The van der Waals surface area contributed by atoms with Crippen LogP contribution in [0.3, 0.4) is 0 Å². The van der Waals surface area contributed by atoms with Gasteiger partial charge in [0, 0.05) is 26.2 Å². The lowest BCUT2D eigenvalue weighted by Gasteiger charge is -2.30. The number of amides is 1. The summed E-state index contributed by atoms with van der Waals surface area (Å²) in [6.45, 7) is 7.15. The van der Waals surface area contributed by atoms with E-state index in [1.165, 1.54) is 38.4 Å². The molecule has 0 saturated carbocycles. The highest BCUT2D eigenvalue weighted by Gasteiger charge is 2.23. The van der Waals surface area contributed by atoms with E-state index >= 15 is 0 Å². The lowest BCUT2D eigenvalue weighted by atomic mass is 10.2. The first-order valence-electron chi connectivity index (χ1n) is 7.99. The molecule has 0 fully saturated rings. The van der Waals surface area contributed by atoms with Gasteiger partial charge >= 0.3 is 5.97 Å². The van der Waals surface area contributed by atoms with Gasteiger partial charge in [0.25, 0.3) is 5.91 Å². The average molecular weight is 370 g/mol. The van der Waals surface area contributed by atoms with Crippen molar-refractivity contribution in [2.24, 2.45) is 0 Å². The Morgan fingerprint density at radius 2 is 1.64 bits per heavy atom. The van der Waals surface area contributed by atoms with Crippen LogP contribution in [0.4, 0.5) is 0 Å². The molecule has 1 aromatic rings. The summed E-state index contributed by atoms with van der Waals surface area (Å²) >= 11 is 0. The van der Waals surface area contributed by atoms with E-state index in [1.807, 2.05) is 27.7 Å². The molecule has 0 radical (unpaired) electrons. The fourth-order valence-corrected chi connectivity index (χ4v) is 3.40. The highest BCUT2D eigenvalue weighted by atomic mass is 32.2. The van der Waals surface area contributed by atoms with Crippen molar-refractivity contribution in [1.29, 1.82) is 0 Å². The third-order valence-electron chi connectivity index (χ3n) is 3.58. The molecule has 1 rings (SSSR count). The van der Waals surface area contributed by atoms with Gasteiger partial charge in [0.05, 0.1) is 10.5 Å². The lowest BCUT2D eigenvalue weighted by Crippen LogP contribution is -2.44. The molecule has 0 saturated heterocycles. The molecule has 0 aliphatic heterocycles. The molecule has 140 valence electrons. The van der Waals surface area contributed by atoms with Crippen LogP contribution in [0.25, 0.3) is 0 Å². The number of ether oxygens (including phenoxy) is 1. The highest BCUT2D eigenvalue weighted by molar-refractivity contribution is 7.89. The second-order valence-corrected chi connectivity index (χ2v) is 8.53. The number of benzene rings is 1. The lowest BCUT2D eigenvalue weighted by molar-refractivity contribution is -0.138. The minimum absolute atomic E-state index is 0.00994. The summed E-state index contributed by atoms with van der Waals surface area (Å²) < 4.78 is 30.4. The maximum absolute atomic E-state index is 12.2. The summed E-state index contributed by atoms with van der Waals surface area (Å²) in [4.78, 5) is 26.0. The Bertz CT molecular complexity index is 718. The Labute approximate surface area is 149 Å². The number of sulfonamides is 1. The van der Waals surface area contributed by atoms with Crippen LogP contribution in [0.1, 0.15) is 38.1 Å². The minimum Gasteiger partial charge on any atom is -0.452 e. The predicted molar refractivity (Wildman–Crippen MR) is 94.7 cm³/mol. The van der Waals surface area contributed by atoms with Gasteiger partial charge in [-0.1, -0.05) is 6.07 Å². The van der Waals surface area contributed by atoms with Crippen LogP contribution >= 0.6 is 0 Å². The van der Waals surface area contributed by atoms with Gasteiger partial charge in [0.2, 0.25) is 10.0 Å². The number of rotatable bonds is 7. The Morgan fingerprint density at radius 3 is 2.12 bits per heavy atom. The molecule has 0 aromatic heterocycles. The zero-order valence-electron chi connectivity index (χ0n) is 15.5. The molecule has 0 unspecified atom stereocenters. The monoisotopic (exact) mass is 370 g/mol. The van der Waals surface area contributed by atoms with Crippen molar-refractivity contribution in [2.75, 3.05) is 20.7 Å². The van der Waals surface area contributed by atoms with Crippen LogP contribution in [0.5, 0.6) is 0 Å². The van der Waals surface area contributed by atoms with Crippen molar-refractivity contribution in [2.45, 2.75) is 44.7 Å². The van der Waals surface area contributed by atoms with E-state index in [0.29, 0.717) is 0 Å². The van der Waals surface area contributed by atoms with Crippen molar-refractivity contribution in [3.05, 3.63) is 29.8 Å². The van der Waals surface area contributed by atoms with E-state index in [9.17, 15) is 18.0 Å². The van der Waals surface area contributed by atoms with Gasteiger partial charge in [-0.15, -0.1) is 0 Å². The molecule has 0 spiro atoms. The van der Waals surface area contributed by atoms with E-state index in [2.05, 4.69) is 0 Å². The number of carbonyl (C=O) groups is 2. The van der Waals surface area contributed by atoms with Gasteiger partial charge < -0.3 is 9.64 Å². The summed E-state index contributed by atoms with van der Waals surface area (Å²) in [5, 5.41) is 0. The average Bonchev–Trinajstić information content (AvgIpc) is 2.51. The van der Waals surface area contributed by atoms with Gasteiger partial charge in [-0.3, -0.25) is 4.79 Å². The second-order valence-electron chi connectivity index (χ2n) is 6.38. The third-order valence-corrected chi connectivity index (χ3v) is 5.39. The quantitative estimate of drug-likeness (QED) is 0.683. The minimum atomic E-state index is -3.65. The number of esters is 1. The van der Waals surface area contributed by atoms with E-state index in [-0.39, 0.29) is 35.1 Å². The van der Waals surface area contributed by atoms with Crippen LogP contribution in [0, 0.1) is 0 Å². The molecule has 0 N–H and O–H groups in total. The first kappa shape index (κ1) is 21.1. The molecular weight excluding hydrogens is 344 g/mol. The highest BCUT2D eigenvalue weighted by Crippen LogP contribution is 2.15. The van der Waals surface area contributed by atoms with Gasteiger partial charge in [0.1, 0.15) is 0 Å². The second kappa shape index (κ2) is 8.44. The van der Waals surface area contributed by atoms with E-state index in [4.69, 9.17) is 4.74 Å². The predicted octanol–water partition coefficient (Wildman–Crippen LogP) is 1.74. The number of hydrogen-bond donors (Lipinski definition) is 0. The zero-order valence-corrected chi connectivity index (χ0v) is 16.3. The maximum atomic E-state index is 12.2. The molecule has 0 bridgehead atoms. The number of nitrogens with zero attached hydrogens (tertiary/aromatic N) is 2. The smallest absolute Gasteiger partial charge is 0.338 e. The van der Waals surface area contributed by atoms with Crippen molar-refractivity contribution in [3.8, 4) is 0 Å². The summed E-state index contributed by atoms with van der Waals surface area (Å²) in [6.07, 6.45) is 0. The Balaban J connectivity index is 2.88. The van der Waals surface area contributed by atoms with Crippen molar-refractivity contribution >= 4 is 21.9 Å². The van der Waals surface area contributed by atoms with Crippen LogP contribution in [0.15, 0.2) is 29.2 Å². The fraction of sp³-hybridized carbons (Fsp3) is 0.529. The topological polar surface area (TPSA) is 84.0 Å². The molecule has 0 aliphatic carbocycles. The van der Waals surface area contributed by atoms with Gasteiger partial charge in [-0.25, -0.2) is 17.5 Å². The summed E-state index contributed by atoms with van der Waals surface area (Å²) in [7, 11) is -0.833. The largest absolute Gasteiger partial charge is 0.452 e. The van der Waals surface area contributed by atoms with Crippen molar-refractivity contribution in [1.82, 2.24) is 9.21 Å². The molecule has 0 aliphatic rings. The zero-order chi connectivity index (χ0) is 19.4. The summed E-state index contributed by atoms with van der Waals surface area (Å²) in [6, 6.07) is 5.52. The molecule has 1 amide bonds. The fourth-order valence-electron chi connectivity index (χ4n) is 2.45. The van der Waals surface area contributed by atoms with Crippen LogP contribution in [-0.2, 0) is 19.6 Å². The van der Waals surface area contributed by atoms with E-state index in [0.717, 1.165) is 4.31 Å². The molecule has 0 heterocycles. The van der Waals surface area contributed by atoms with E-state index in [1.54, 1.807) is 4.90 Å². The summed E-state index contributed by atoms with van der Waals surface area (Å²) in [5.74, 6) is -1.04. The van der Waals surface area contributed by atoms with Crippen molar-refractivity contribution in [3.63, 3.8) is 0 Å². The van der Waals surface area contributed by atoms with Gasteiger partial charge in [0.15, 0.2) is 6.61 Å². The normalized spacial score (nSPS) is 11.9. The number of hydrogen-bond acceptors (Lipinski definition) is 5. The van der Waals surface area contributed by atoms with Crippen molar-refractivity contribution < 1.29 is 22.7 Å². The molecule has 0 atom stereocenters. The van der Waals surface area contributed by atoms with Crippen LogP contribution in [0.2, 0.25) is 0 Å². The van der Waals surface area contributed by atoms with Crippen LogP contribution in [-0.4, -0.2) is 62.3 Å². The Morgan fingerprint density at radius 1 is 1.08 bits per heavy atom. The summed E-state index contributed by atoms with van der Waals surface area (Å²) in [5.41, 5.74) is 0.0800. The molecule has 1 aromatic carbocycles. The Hall–Kier alpha value is -1.93. The molecule has 25 heavy (non-hydrogen) atoms. The van der Waals surface area contributed by atoms with Gasteiger partial charge in [-0.05, 0) is 45.9 Å². The third kappa shape index (κ3) is 5.27. The maximum Gasteiger partial charge on any atom is 0.338 e. The van der Waals surface area contributed by atoms with Gasteiger partial charge in [-0.2, -0.15) is 0 Å². The standard InChI is InChI=1S/C17H26N2O5S/c1-12(2)19(13(3)4)16(20)11-24-17(21)14-8-7-9-15(10-14)25(22,23)18(5)6/h7-10,12-13H,11H2,1-6H3. The van der Waals surface area contributed by atoms with Crippen LogP contribution < -0.4 is 0 Å². The molecule has 8 heteroatoms. The van der Waals surface area contributed by atoms with E-state index < -0.39 is 16.0 Å². The first-order valence-corrected chi connectivity index (χ1v) is 9.43. The molecule has 7 nitrogen and oxygen atoms in total. The Kier molecular flexibility index (Phi) is 7.13. The molecular formula is C17H26N2O5S. The number of carbonyl (C=O) groups excluding carboxylic acids is 2. The first-order chi connectivity index (χ1) is 11.5. The SMILES string of the molecule is CC(C)N(C(=O)COC(=O)c1cccc(S(=O)(=O)N(C)C)c1)C(C)C.